The molecule has 0 aliphatic carbocycles. The van der Waals surface area contributed by atoms with Crippen LogP contribution < -0.4 is 5.73 Å². The van der Waals surface area contributed by atoms with Crippen LogP contribution >= 0.6 is 23.2 Å². The van der Waals surface area contributed by atoms with Gasteiger partial charge in [-0.2, -0.15) is 5.26 Å². The predicted octanol–water partition coefficient (Wildman–Crippen LogP) is 5.74. The van der Waals surface area contributed by atoms with Crippen molar-refractivity contribution in [3.05, 3.63) is 69.7 Å². The van der Waals surface area contributed by atoms with Crippen LogP contribution in [0.1, 0.15) is 18.1 Å². The maximum Gasteiger partial charge on any atom is 0.142 e. The molecule has 0 bridgehead atoms. The van der Waals surface area contributed by atoms with Crippen LogP contribution in [0.2, 0.25) is 10.0 Å². The maximum absolute atomic E-state index is 9.50. The molecule has 0 amide bonds. The fourth-order valence-corrected chi connectivity index (χ4v) is 3.05. The van der Waals surface area contributed by atoms with Gasteiger partial charge in [-0.3, -0.25) is 0 Å². The Morgan fingerprint density at radius 3 is 2.40 bits per heavy atom. The SMILES string of the molecule is CCc1ccc(-c2cc(-c3cc(Cl)ccc3Cl)nc(N)c2C#N)cc1. The molecule has 0 fully saturated rings. The molecule has 0 spiro atoms. The van der Waals surface area contributed by atoms with E-state index in [1.807, 2.05) is 30.3 Å². The van der Waals surface area contributed by atoms with E-state index in [9.17, 15) is 5.26 Å². The third kappa shape index (κ3) is 3.46. The standard InChI is InChI=1S/C20H15Cl2N3/c1-2-12-3-5-13(6-4-12)15-10-19(25-20(24)17(15)11-23)16-9-14(21)7-8-18(16)22/h3-10H,2H2,1H3,(H2,24,25). The lowest BCUT2D eigenvalue weighted by Crippen LogP contribution is -2.00. The topological polar surface area (TPSA) is 62.7 Å². The van der Waals surface area contributed by atoms with Gasteiger partial charge in [0.2, 0.25) is 0 Å². The summed E-state index contributed by atoms with van der Waals surface area (Å²) in [7, 11) is 0. The van der Waals surface area contributed by atoms with Crippen molar-refractivity contribution >= 4 is 29.0 Å². The van der Waals surface area contributed by atoms with E-state index in [1.165, 1.54) is 5.56 Å². The lowest BCUT2D eigenvalue weighted by atomic mass is 9.97. The first-order valence-corrected chi connectivity index (χ1v) is 8.54. The molecule has 0 unspecified atom stereocenters. The molecule has 0 radical (unpaired) electrons. The number of hydrogen-bond acceptors (Lipinski definition) is 3. The summed E-state index contributed by atoms with van der Waals surface area (Å²) in [5, 5.41) is 10.6. The van der Waals surface area contributed by atoms with Gasteiger partial charge >= 0.3 is 0 Å². The first kappa shape index (κ1) is 17.3. The number of nitrogens with two attached hydrogens (primary N) is 1. The van der Waals surface area contributed by atoms with Crippen LogP contribution in [0.4, 0.5) is 5.82 Å². The molecule has 0 aliphatic heterocycles. The molecule has 2 aromatic carbocycles. The number of aromatic nitrogens is 1. The number of nitrogen functional groups attached to an aromatic ring is 1. The van der Waals surface area contributed by atoms with Gasteiger partial charge in [-0.25, -0.2) is 4.98 Å². The van der Waals surface area contributed by atoms with E-state index in [2.05, 4.69) is 18.0 Å². The first-order chi connectivity index (χ1) is 12.0. The van der Waals surface area contributed by atoms with Crippen LogP contribution in [-0.4, -0.2) is 4.98 Å². The Labute approximate surface area is 156 Å². The van der Waals surface area contributed by atoms with Gasteiger partial charge in [0.05, 0.1) is 10.7 Å². The second-order valence-electron chi connectivity index (χ2n) is 5.60. The highest BCUT2D eigenvalue weighted by Crippen LogP contribution is 2.35. The van der Waals surface area contributed by atoms with Gasteiger partial charge in [0, 0.05) is 16.1 Å². The van der Waals surface area contributed by atoms with E-state index in [-0.39, 0.29) is 5.82 Å². The van der Waals surface area contributed by atoms with E-state index < -0.39 is 0 Å². The number of pyridine rings is 1. The minimum atomic E-state index is 0.172. The lowest BCUT2D eigenvalue weighted by molar-refractivity contribution is 1.14. The predicted molar refractivity (Wildman–Crippen MR) is 104 cm³/mol. The van der Waals surface area contributed by atoms with Crippen molar-refractivity contribution in [2.75, 3.05) is 5.73 Å². The number of halogens is 2. The van der Waals surface area contributed by atoms with E-state index in [0.29, 0.717) is 26.9 Å². The molecular formula is C20H15Cl2N3. The lowest BCUT2D eigenvalue weighted by Gasteiger charge is -2.12. The Kier molecular flexibility index (Phi) is 4.94. The molecule has 124 valence electrons. The van der Waals surface area contributed by atoms with Crippen molar-refractivity contribution in [2.45, 2.75) is 13.3 Å². The van der Waals surface area contributed by atoms with Crippen LogP contribution in [0.5, 0.6) is 0 Å². The summed E-state index contributed by atoms with van der Waals surface area (Å²) in [4.78, 5) is 4.35. The Hall–Kier alpha value is -2.54. The molecule has 0 saturated carbocycles. The number of anilines is 1. The van der Waals surface area contributed by atoms with Crippen molar-refractivity contribution in [3.63, 3.8) is 0 Å². The summed E-state index contributed by atoms with van der Waals surface area (Å²) in [6, 6.07) is 17.2. The van der Waals surface area contributed by atoms with Gasteiger partial charge < -0.3 is 5.73 Å². The van der Waals surface area contributed by atoms with Crippen molar-refractivity contribution in [1.29, 1.82) is 5.26 Å². The van der Waals surface area contributed by atoms with Crippen LogP contribution in [0, 0.1) is 11.3 Å². The third-order valence-electron chi connectivity index (χ3n) is 4.04. The highest BCUT2D eigenvalue weighted by molar-refractivity contribution is 6.35. The van der Waals surface area contributed by atoms with Gasteiger partial charge in [-0.15, -0.1) is 0 Å². The molecule has 3 nitrogen and oxygen atoms in total. The summed E-state index contributed by atoms with van der Waals surface area (Å²) in [6.07, 6.45) is 0.952. The van der Waals surface area contributed by atoms with Gasteiger partial charge in [-0.1, -0.05) is 54.4 Å². The molecule has 3 rings (SSSR count). The highest BCUT2D eigenvalue weighted by Gasteiger charge is 2.15. The quantitative estimate of drug-likeness (QED) is 0.641. The Balaban J connectivity index is 2.22. The van der Waals surface area contributed by atoms with E-state index in [1.54, 1.807) is 18.2 Å². The molecule has 3 aromatic rings. The number of nitrogens with zero attached hydrogens (tertiary/aromatic N) is 2. The van der Waals surface area contributed by atoms with E-state index in [4.69, 9.17) is 28.9 Å². The Bertz CT molecular complexity index is 973. The Morgan fingerprint density at radius 2 is 1.76 bits per heavy atom. The smallest absolute Gasteiger partial charge is 0.142 e. The van der Waals surface area contributed by atoms with Gasteiger partial charge in [0.15, 0.2) is 0 Å². The van der Waals surface area contributed by atoms with Crippen molar-refractivity contribution in [2.24, 2.45) is 0 Å². The number of rotatable bonds is 3. The number of aryl methyl sites for hydroxylation is 1. The molecular weight excluding hydrogens is 353 g/mol. The molecule has 0 aliphatic rings. The van der Waals surface area contributed by atoms with Gasteiger partial charge in [0.1, 0.15) is 17.5 Å². The molecule has 2 N–H and O–H groups in total. The van der Waals surface area contributed by atoms with Crippen molar-refractivity contribution in [3.8, 4) is 28.5 Å². The zero-order valence-corrected chi connectivity index (χ0v) is 15.1. The third-order valence-corrected chi connectivity index (χ3v) is 4.60. The summed E-state index contributed by atoms with van der Waals surface area (Å²) < 4.78 is 0. The minimum Gasteiger partial charge on any atom is -0.383 e. The second kappa shape index (κ2) is 7.14. The number of benzene rings is 2. The molecule has 1 heterocycles. The fourth-order valence-electron chi connectivity index (χ4n) is 2.66. The fraction of sp³-hybridized carbons (Fsp3) is 0.100. The molecule has 5 heteroatoms. The molecule has 0 saturated heterocycles. The summed E-state index contributed by atoms with van der Waals surface area (Å²) >= 11 is 12.4. The zero-order chi connectivity index (χ0) is 18.0. The number of hydrogen-bond donors (Lipinski definition) is 1. The summed E-state index contributed by atoms with van der Waals surface area (Å²) in [6.45, 7) is 2.10. The molecule has 0 atom stereocenters. The van der Waals surface area contributed by atoms with Crippen LogP contribution in [-0.2, 0) is 6.42 Å². The normalized spacial score (nSPS) is 10.5. The minimum absolute atomic E-state index is 0.172. The molecule has 25 heavy (non-hydrogen) atoms. The van der Waals surface area contributed by atoms with Crippen molar-refractivity contribution < 1.29 is 0 Å². The molecule has 1 aromatic heterocycles. The second-order valence-corrected chi connectivity index (χ2v) is 6.45. The Morgan fingerprint density at radius 1 is 1.04 bits per heavy atom. The van der Waals surface area contributed by atoms with E-state index in [0.717, 1.165) is 17.5 Å². The largest absolute Gasteiger partial charge is 0.383 e. The highest BCUT2D eigenvalue weighted by atomic mass is 35.5. The zero-order valence-electron chi connectivity index (χ0n) is 13.6. The maximum atomic E-state index is 9.50. The van der Waals surface area contributed by atoms with Gasteiger partial charge in [0.25, 0.3) is 0 Å². The van der Waals surface area contributed by atoms with Crippen LogP contribution in [0.3, 0.4) is 0 Å². The monoisotopic (exact) mass is 367 g/mol. The van der Waals surface area contributed by atoms with Crippen LogP contribution in [0.15, 0.2) is 48.5 Å². The average molecular weight is 368 g/mol. The number of nitriles is 1. The van der Waals surface area contributed by atoms with Crippen LogP contribution in [0.25, 0.3) is 22.4 Å². The first-order valence-electron chi connectivity index (χ1n) is 7.78. The summed E-state index contributed by atoms with van der Waals surface area (Å²) in [5.74, 6) is 0.172. The van der Waals surface area contributed by atoms with E-state index >= 15 is 0 Å². The van der Waals surface area contributed by atoms with Gasteiger partial charge in [-0.05, 0) is 41.8 Å². The average Bonchev–Trinajstić information content (AvgIpc) is 2.63. The summed E-state index contributed by atoms with van der Waals surface area (Å²) in [5.41, 5.74) is 10.5. The van der Waals surface area contributed by atoms with Crippen molar-refractivity contribution in [1.82, 2.24) is 4.98 Å².